The molecule has 1 unspecified atom stereocenters. The zero-order valence-corrected chi connectivity index (χ0v) is 36.3. The molecule has 2 fully saturated rings. The number of halogens is 1. The summed E-state index contributed by atoms with van der Waals surface area (Å²) in [5, 5.41) is 8.97. The fourth-order valence-electron chi connectivity index (χ4n) is 7.99. The minimum absolute atomic E-state index is 0.205. The van der Waals surface area contributed by atoms with E-state index in [9.17, 15) is 22.8 Å². The molecule has 0 saturated carbocycles. The molecule has 324 valence electrons. The molecule has 61 heavy (non-hydrogen) atoms. The van der Waals surface area contributed by atoms with Crippen molar-refractivity contribution in [1.29, 1.82) is 0 Å². The number of rotatable bonds is 16. The van der Waals surface area contributed by atoms with Crippen LogP contribution < -0.4 is 39.8 Å². The number of aromatic nitrogens is 2. The molecule has 7 rings (SSSR count). The Kier molecular flexibility index (Phi) is 13.1. The highest BCUT2D eigenvalue weighted by Gasteiger charge is 2.40. The molecule has 3 amide bonds. The van der Waals surface area contributed by atoms with Gasteiger partial charge in [0.2, 0.25) is 27.8 Å². The van der Waals surface area contributed by atoms with Crippen molar-refractivity contribution in [2.24, 2.45) is 0 Å². The normalized spacial score (nSPS) is 17.0. The molecule has 17 nitrogen and oxygen atoms in total. The smallest absolute Gasteiger partial charge is 0.255 e. The molecular formula is C42H50ClN9O8S. The summed E-state index contributed by atoms with van der Waals surface area (Å²) in [5.74, 6) is 1.24. The quantitative estimate of drug-likeness (QED) is 0.106. The lowest BCUT2D eigenvalue weighted by atomic mass is 10.0. The fourth-order valence-corrected chi connectivity index (χ4v) is 8.69. The second-order valence-electron chi connectivity index (χ2n) is 15.2. The van der Waals surface area contributed by atoms with Crippen molar-refractivity contribution in [1.82, 2.24) is 25.1 Å². The van der Waals surface area contributed by atoms with E-state index >= 15 is 0 Å². The van der Waals surface area contributed by atoms with Gasteiger partial charge in [-0.2, -0.15) is 4.98 Å². The largest absolute Gasteiger partial charge is 0.497 e. The summed E-state index contributed by atoms with van der Waals surface area (Å²) in [4.78, 5) is 52.7. The van der Waals surface area contributed by atoms with Gasteiger partial charge < -0.3 is 34.6 Å². The number of hydrogen-bond acceptors (Lipinski definition) is 14. The number of amides is 3. The van der Waals surface area contributed by atoms with Crippen LogP contribution in [0, 0.1) is 0 Å². The molecule has 0 bridgehead atoms. The van der Waals surface area contributed by atoms with Crippen molar-refractivity contribution in [2.45, 2.75) is 57.7 Å². The van der Waals surface area contributed by atoms with Gasteiger partial charge in [-0.3, -0.25) is 29.3 Å². The molecule has 2 saturated heterocycles. The Morgan fingerprint density at radius 2 is 1.75 bits per heavy atom. The highest BCUT2D eigenvalue weighted by molar-refractivity contribution is 7.92. The lowest BCUT2D eigenvalue weighted by molar-refractivity contribution is -0.136. The number of piperidine rings is 2. The van der Waals surface area contributed by atoms with Crippen molar-refractivity contribution < 1.29 is 37.0 Å². The average molecular weight is 876 g/mol. The van der Waals surface area contributed by atoms with E-state index in [1.165, 1.54) is 18.2 Å². The van der Waals surface area contributed by atoms with Crippen LogP contribution in [0.4, 0.5) is 34.5 Å². The summed E-state index contributed by atoms with van der Waals surface area (Å²) in [7, 11) is 1.61. The van der Waals surface area contributed by atoms with Crippen LogP contribution in [-0.2, 0) is 32.6 Å². The van der Waals surface area contributed by atoms with Crippen LogP contribution in [0.15, 0.2) is 54.7 Å². The lowest BCUT2D eigenvalue weighted by Gasteiger charge is -2.38. The van der Waals surface area contributed by atoms with Crippen LogP contribution in [0.25, 0.3) is 0 Å². The number of sulfonamides is 1. The topological polar surface area (TPSA) is 197 Å². The SMILES string of the molecule is CCc1cc(Nc2ncc(Cl)c(Nc3ccc(OC)cc3NS(C)(=O)=O)n2)c(OC)cc1N1CCC(N(C)CCOc2cccc3c2CN(C2CCC(=O)NC2=O)C3=O)CC1. The zero-order chi connectivity index (χ0) is 43.4. The van der Waals surface area contributed by atoms with E-state index in [0.717, 1.165) is 55.4 Å². The first-order valence-electron chi connectivity index (χ1n) is 20.0. The van der Waals surface area contributed by atoms with Crippen molar-refractivity contribution in [3.05, 3.63) is 76.4 Å². The number of nitrogens with one attached hydrogen (secondary N) is 4. The van der Waals surface area contributed by atoms with Crippen LogP contribution in [-0.4, -0.2) is 112 Å². The molecule has 0 spiro atoms. The number of hydrogen-bond donors (Lipinski definition) is 4. The molecule has 1 atom stereocenters. The van der Waals surface area contributed by atoms with E-state index in [4.69, 9.17) is 25.8 Å². The number of nitrogens with zero attached hydrogens (tertiary/aromatic N) is 5. The Bertz CT molecular complexity index is 2430. The molecule has 4 N–H and O–H groups in total. The average Bonchev–Trinajstić information content (AvgIpc) is 3.58. The van der Waals surface area contributed by atoms with Crippen molar-refractivity contribution in [3.63, 3.8) is 0 Å². The van der Waals surface area contributed by atoms with E-state index in [2.05, 4.69) is 54.4 Å². The molecular weight excluding hydrogens is 826 g/mol. The van der Waals surface area contributed by atoms with Crippen LogP contribution >= 0.6 is 11.6 Å². The maximum Gasteiger partial charge on any atom is 0.255 e. The number of carbonyl (C=O) groups excluding carboxylic acids is 3. The van der Waals surface area contributed by atoms with Gasteiger partial charge in [-0.1, -0.05) is 24.6 Å². The van der Waals surface area contributed by atoms with Gasteiger partial charge in [-0.05, 0) is 68.6 Å². The van der Waals surface area contributed by atoms with E-state index in [-0.39, 0.29) is 47.3 Å². The zero-order valence-electron chi connectivity index (χ0n) is 34.7. The summed E-state index contributed by atoms with van der Waals surface area (Å²) in [5.41, 5.74) is 4.85. The van der Waals surface area contributed by atoms with E-state index < -0.39 is 22.0 Å². The first-order valence-corrected chi connectivity index (χ1v) is 22.3. The number of imide groups is 1. The summed E-state index contributed by atoms with van der Waals surface area (Å²) in [6.07, 6.45) is 5.69. The first kappa shape index (κ1) is 43.2. The number of aryl methyl sites for hydroxylation is 1. The number of likely N-dealkylation sites (N-methyl/N-ethyl adjacent to an activating group) is 1. The van der Waals surface area contributed by atoms with Crippen LogP contribution in [0.2, 0.25) is 5.02 Å². The third kappa shape index (κ3) is 9.87. The summed E-state index contributed by atoms with van der Waals surface area (Å²) < 4.78 is 44.1. The van der Waals surface area contributed by atoms with Gasteiger partial charge in [-0.25, -0.2) is 13.4 Å². The van der Waals surface area contributed by atoms with Gasteiger partial charge in [0.05, 0.1) is 50.3 Å². The Hall–Kier alpha value is -5.85. The van der Waals surface area contributed by atoms with Gasteiger partial charge in [0.1, 0.15) is 34.9 Å². The maximum atomic E-state index is 13.2. The Morgan fingerprint density at radius 1 is 0.967 bits per heavy atom. The predicted octanol–water partition coefficient (Wildman–Crippen LogP) is 5.31. The van der Waals surface area contributed by atoms with Gasteiger partial charge >= 0.3 is 0 Å². The molecule has 3 aliphatic heterocycles. The Balaban J connectivity index is 0.962. The summed E-state index contributed by atoms with van der Waals surface area (Å²) in [6, 6.07) is 14.1. The standard InChI is InChI=1S/C42H50ClN9O8S/c1-6-25-20-33(46-42-44-23-30(43)39(48-42)45-31-11-10-27(58-3)21-32(31)49-61(5,56)57)37(59-4)22-35(25)51-16-14-26(15-17-51)50(2)18-19-60-36-9-7-8-28-29(36)24-52(41(28)55)34-12-13-38(53)47-40(34)54/h7-11,20-23,26,34,49H,6,12-19,24H2,1-5H3,(H,47,53,54)(H2,44,45,46,48). The molecule has 19 heteroatoms. The number of carbonyl (C=O) groups is 3. The molecule has 3 aliphatic rings. The number of methoxy groups -OCH3 is 2. The van der Waals surface area contributed by atoms with E-state index in [1.54, 1.807) is 37.4 Å². The highest BCUT2D eigenvalue weighted by Crippen LogP contribution is 2.38. The monoisotopic (exact) mass is 875 g/mol. The van der Waals surface area contributed by atoms with Crippen LogP contribution in [0.1, 0.15) is 54.1 Å². The Morgan fingerprint density at radius 3 is 2.46 bits per heavy atom. The second-order valence-corrected chi connectivity index (χ2v) is 17.3. The number of benzene rings is 3. The number of ether oxygens (including phenoxy) is 3. The van der Waals surface area contributed by atoms with Gasteiger partial charge in [0.25, 0.3) is 5.91 Å². The van der Waals surface area contributed by atoms with Gasteiger partial charge in [-0.15, -0.1) is 0 Å². The molecule has 0 aliphatic carbocycles. The molecule has 4 heterocycles. The number of anilines is 6. The minimum atomic E-state index is -3.60. The van der Waals surface area contributed by atoms with Crippen molar-refractivity contribution in [3.8, 4) is 17.2 Å². The predicted molar refractivity (Wildman–Crippen MR) is 233 cm³/mol. The molecule has 4 aromatic rings. The van der Waals surface area contributed by atoms with Gasteiger partial charge in [0, 0.05) is 61.0 Å². The number of fused-ring (bicyclic) bond motifs is 1. The Labute approximate surface area is 360 Å². The van der Waals surface area contributed by atoms with Crippen molar-refractivity contribution >= 4 is 73.9 Å². The molecule has 1 aromatic heterocycles. The molecule has 0 radical (unpaired) electrons. The van der Waals surface area contributed by atoms with Crippen LogP contribution in [0.5, 0.6) is 17.2 Å². The van der Waals surface area contributed by atoms with Crippen molar-refractivity contribution in [2.75, 3.05) is 74.0 Å². The lowest BCUT2D eigenvalue weighted by Crippen LogP contribution is -2.52. The second kappa shape index (κ2) is 18.4. The maximum absolute atomic E-state index is 13.2. The first-order chi connectivity index (χ1) is 29.2. The third-order valence-electron chi connectivity index (χ3n) is 11.2. The molecule has 3 aromatic carbocycles. The van der Waals surface area contributed by atoms with Crippen LogP contribution in [0.3, 0.4) is 0 Å². The minimum Gasteiger partial charge on any atom is -0.497 e. The third-order valence-corrected chi connectivity index (χ3v) is 12.1. The van der Waals surface area contributed by atoms with E-state index in [1.807, 2.05) is 18.2 Å². The highest BCUT2D eigenvalue weighted by atomic mass is 35.5. The summed E-state index contributed by atoms with van der Waals surface area (Å²) in [6.45, 7) is 5.19. The summed E-state index contributed by atoms with van der Waals surface area (Å²) >= 11 is 6.50. The van der Waals surface area contributed by atoms with E-state index in [0.29, 0.717) is 59.8 Å². The fraction of sp³-hybridized carbons (Fsp3) is 0.405. The van der Waals surface area contributed by atoms with Gasteiger partial charge in [0.15, 0.2) is 5.82 Å².